The Morgan fingerprint density at radius 3 is 2.50 bits per heavy atom. The Morgan fingerprint density at radius 1 is 1.11 bits per heavy atom. The number of nitrogens with zero attached hydrogens (tertiary/aromatic N) is 3. The van der Waals surface area contributed by atoms with E-state index in [1.165, 1.54) is 12.8 Å². The molecule has 2 atom stereocenters. The lowest BCUT2D eigenvalue weighted by Crippen LogP contribution is -2.41. The standard InChI is InChI=1S/C15H17N3/c1-11-3-4-12(2)18(10-11)15-6-5-13(8-16)14(7-15)9-17/h5-7,11-12H,3-4,10H2,1-2H3/t11-,12-/m0/s1. The molecule has 0 N–H and O–H groups in total. The van der Waals surface area contributed by atoms with Crippen molar-refractivity contribution in [1.82, 2.24) is 0 Å². The van der Waals surface area contributed by atoms with Gasteiger partial charge in [-0.05, 0) is 43.9 Å². The molecule has 0 aromatic heterocycles. The van der Waals surface area contributed by atoms with Gasteiger partial charge in [-0.25, -0.2) is 0 Å². The van der Waals surface area contributed by atoms with Crippen molar-refractivity contribution in [1.29, 1.82) is 10.5 Å². The predicted octanol–water partition coefficient (Wildman–Crippen LogP) is 3.05. The molecule has 3 nitrogen and oxygen atoms in total. The van der Waals surface area contributed by atoms with Crippen LogP contribution in [0.3, 0.4) is 0 Å². The molecule has 92 valence electrons. The first-order valence-electron chi connectivity index (χ1n) is 6.36. The maximum atomic E-state index is 9.07. The number of hydrogen-bond acceptors (Lipinski definition) is 3. The van der Waals surface area contributed by atoms with E-state index in [1.54, 1.807) is 6.07 Å². The van der Waals surface area contributed by atoms with Crippen LogP contribution in [0.1, 0.15) is 37.8 Å². The smallest absolute Gasteiger partial charge is 0.101 e. The fourth-order valence-corrected chi connectivity index (χ4v) is 2.55. The van der Waals surface area contributed by atoms with Gasteiger partial charge in [-0.15, -0.1) is 0 Å². The molecule has 0 amide bonds. The van der Waals surface area contributed by atoms with Crippen molar-refractivity contribution in [3.05, 3.63) is 29.3 Å². The van der Waals surface area contributed by atoms with Crippen molar-refractivity contribution < 1.29 is 0 Å². The molecule has 0 spiro atoms. The maximum Gasteiger partial charge on any atom is 0.101 e. The highest BCUT2D eigenvalue weighted by Crippen LogP contribution is 2.28. The summed E-state index contributed by atoms with van der Waals surface area (Å²) in [7, 11) is 0. The summed E-state index contributed by atoms with van der Waals surface area (Å²) in [6, 6.07) is 10.2. The zero-order valence-electron chi connectivity index (χ0n) is 10.8. The van der Waals surface area contributed by atoms with E-state index in [0.29, 0.717) is 23.1 Å². The Kier molecular flexibility index (Phi) is 3.53. The summed E-state index contributed by atoms with van der Waals surface area (Å²) in [6.07, 6.45) is 2.45. The Morgan fingerprint density at radius 2 is 1.83 bits per heavy atom. The van der Waals surface area contributed by atoms with Gasteiger partial charge in [0.15, 0.2) is 0 Å². The molecule has 1 heterocycles. The molecule has 18 heavy (non-hydrogen) atoms. The van der Waals surface area contributed by atoms with E-state index < -0.39 is 0 Å². The van der Waals surface area contributed by atoms with Crippen molar-refractivity contribution in [2.45, 2.75) is 32.7 Å². The molecule has 2 rings (SSSR count). The Bertz CT molecular complexity index is 522. The van der Waals surface area contributed by atoms with E-state index in [9.17, 15) is 0 Å². The van der Waals surface area contributed by atoms with Crippen molar-refractivity contribution >= 4 is 5.69 Å². The van der Waals surface area contributed by atoms with Gasteiger partial charge < -0.3 is 4.90 Å². The van der Waals surface area contributed by atoms with Crippen LogP contribution in [0, 0.1) is 28.6 Å². The second kappa shape index (κ2) is 5.10. The summed E-state index contributed by atoms with van der Waals surface area (Å²) < 4.78 is 0. The molecule has 1 aromatic rings. The summed E-state index contributed by atoms with van der Waals surface area (Å²) in [4.78, 5) is 2.34. The zero-order chi connectivity index (χ0) is 13.1. The van der Waals surface area contributed by atoms with E-state index >= 15 is 0 Å². The second-order valence-corrected chi connectivity index (χ2v) is 5.14. The minimum atomic E-state index is 0.457. The molecule has 0 saturated carbocycles. The Balaban J connectivity index is 2.34. The van der Waals surface area contributed by atoms with Crippen LogP contribution in [0.15, 0.2) is 18.2 Å². The van der Waals surface area contributed by atoms with Crippen LogP contribution in [-0.2, 0) is 0 Å². The van der Waals surface area contributed by atoms with Crippen LogP contribution in [0.2, 0.25) is 0 Å². The van der Waals surface area contributed by atoms with E-state index in [1.807, 2.05) is 12.1 Å². The highest BCUT2D eigenvalue weighted by molar-refractivity contribution is 5.58. The SMILES string of the molecule is C[C@H]1CC[C@H](C)N(c2ccc(C#N)c(C#N)c2)C1. The molecule has 0 aliphatic carbocycles. The van der Waals surface area contributed by atoms with Crippen LogP contribution < -0.4 is 4.90 Å². The third-order valence-corrected chi connectivity index (χ3v) is 3.69. The highest BCUT2D eigenvalue weighted by atomic mass is 15.2. The summed E-state index contributed by atoms with van der Waals surface area (Å²) in [5.74, 6) is 0.683. The number of piperidine rings is 1. The fourth-order valence-electron chi connectivity index (χ4n) is 2.55. The lowest BCUT2D eigenvalue weighted by Gasteiger charge is -2.38. The van der Waals surface area contributed by atoms with Crippen molar-refractivity contribution in [3.63, 3.8) is 0 Å². The van der Waals surface area contributed by atoms with Crippen LogP contribution in [0.4, 0.5) is 5.69 Å². The van der Waals surface area contributed by atoms with Gasteiger partial charge in [0.1, 0.15) is 12.1 Å². The minimum absolute atomic E-state index is 0.457. The predicted molar refractivity (Wildman–Crippen MR) is 71.1 cm³/mol. The summed E-state index contributed by atoms with van der Waals surface area (Å²) in [5.41, 5.74) is 1.99. The average molecular weight is 239 g/mol. The van der Waals surface area contributed by atoms with Gasteiger partial charge in [0.2, 0.25) is 0 Å². The molecule has 1 aliphatic heterocycles. The fraction of sp³-hybridized carbons (Fsp3) is 0.467. The molecular formula is C15H17N3. The third kappa shape index (κ3) is 2.31. The van der Waals surface area contributed by atoms with Crippen LogP contribution in [0.25, 0.3) is 0 Å². The lowest BCUT2D eigenvalue weighted by atomic mass is 9.94. The number of anilines is 1. The van der Waals surface area contributed by atoms with E-state index in [2.05, 4.69) is 30.9 Å². The lowest BCUT2D eigenvalue weighted by molar-refractivity contribution is 0.390. The first-order valence-corrected chi connectivity index (χ1v) is 6.36. The van der Waals surface area contributed by atoms with Gasteiger partial charge in [0.25, 0.3) is 0 Å². The Hall–Kier alpha value is -2.00. The molecule has 1 fully saturated rings. The topological polar surface area (TPSA) is 50.8 Å². The van der Waals surface area contributed by atoms with Crippen molar-refractivity contribution in [2.75, 3.05) is 11.4 Å². The van der Waals surface area contributed by atoms with Gasteiger partial charge in [-0.3, -0.25) is 0 Å². The highest BCUT2D eigenvalue weighted by Gasteiger charge is 2.23. The van der Waals surface area contributed by atoms with Gasteiger partial charge in [0, 0.05) is 18.3 Å². The van der Waals surface area contributed by atoms with E-state index in [-0.39, 0.29) is 0 Å². The van der Waals surface area contributed by atoms with Crippen molar-refractivity contribution in [2.24, 2.45) is 5.92 Å². The van der Waals surface area contributed by atoms with Crippen LogP contribution in [0.5, 0.6) is 0 Å². The minimum Gasteiger partial charge on any atom is -0.369 e. The van der Waals surface area contributed by atoms with Gasteiger partial charge >= 0.3 is 0 Å². The molecule has 0 unspecified atom stereocenters. The quantitative estimate of drug-likeness (QED) is 0.756. The molecule has 1 aromatic carbocycles. The molecule has 3 heteroatoms. The Labute approximate surface area is 108 Å². The first kappa shape index (κ1) is 12.5. The third-order valence-electron chi connectivity index (χ3n) is 3.69. The van der Waals surface area contributed by atoms with Crippen LogP contribution in [-0.4, -0.2) is 12.6 Å². The number of rotatable bonds is 1. The normalized spacial score (nSPS) is 23.2. The van der Waals surface area contributed by atoms with Gasteiger partial charge in [-0.2, -0.15) is 10.5 Å². The molecular weight excluding hydrogens is 222 g/mol. The van der Waals surface area contributed by atoms with Crippen molar-refractivity contribution in [3.8, 4) is 12.1 Å². The zero-order valence-corrected chi connectivity index (χ0v) is 10.8. The van der Waals surface area contributed by atoms with Gasteiger partial charge in [0.05, 0.1) is 11.1 Å². The van der Waals surface area contributed by atoms with E-state index in [0.717, 1.165) is 12.2 Å². The largest absolute Gasteiger partial charge is 0.369 e. The van der Waals surface area contributed by atoms with Gasteiger partial charge in [-0.1, -0.05) is 6.92 Å². The van der Waals surface area contributed by atoms with E-state index in [4.69, 9.17) is 10.5 Å². The molecule has 1 saturated heterocycles. The monoisotopic (exact) mass is 239 g/mol. The number of benzene rings is 1. The first-order chi connectivity index (χ1) is 8.65. The maximum absolute atomic E-state index is 9.07. The number of hydrogen-bond donors (Lipinski definition) is 0. The molecule has 1 aliphatic rings. The summed E-state index contributed by atoms with van der Waals surface area (Å²) in [6.45, 7) is 5.50. The summed E-state index contributed by atoms with van der Waals surface area (Å²) in [5, 5.41) is 18.0. The molecule has 0 radical (unpaired) electrons. The molecule has 0 bridgehead atoms. The second-order valence-electron chi connectivity index (χ2n) is 5.14. The summed E-state index contributed by atoms with van der Waals surface area (Å²) >= 11 is 0. The van der Waals surface area contributed by atoms with Crippen LogP contribution >= 0.6 is 0 Å². The average Bonchev–Trinajstić information content (AvgIpc) is 2.40. The number of nitriles is 2.